The van der Waals surface area contributed by atoms with Gasteiger partial charge < -0.3 is 15.2 Å². The van der Waals surface area contributed by atoms with Gasteiger partial charge >= 0.3 is 0 Å². The number of aromatic nitrogens is 1. The average molecular weight is 358 g/mol. The number of amides is 1. The lowest BCUT2D eigenvalue weighted by molar-refractivity contribution is -0.126. The van der Waals surface area contributed by atoms with Gasteiger partial charge in [0.1, 0.15) is 10.6 Å². The van der Waals surface area contributed by atoms with Crippen molar-refractivity contribution in [2.45, 2.75) is 38.5 Å². The summed E-state index contributed by atoms with van der Waals surface area (Å²) in [5.41, 5.74) is 0.371. The van der Waals surface area contributed by atoms with Crippen LogP contribution in [0.4, 0.5) is 0 Å². The van der Waals surface area contributed by atoms with Crippen LogP contribution in [-0.4, -0.2) is 56.5 Å². The molecule has 1 fully saturated rings. The Balaban J connectivity index is 1.92. The molecule has 0 radical (unpaired) electrons. The molecule has 1 saturated heterocycles. The van der Waals surface area contributed by atoms with E-state index in [0.29, 0.717) is 43.9 Å². The van der Waals surface area contributed by atoms with Gasteiger partial charge in [-0.05, 0) is 33.2 Å². The van der Waals surface area contributed by atoms with E-state index in [2.05, 4.69) is 15.8 Å². The second kappa shape index (κ2) is 8.09. The summed E-state index contributed by atoms with van der Waals surface area (Å²) in [7, 11) is -3.62. The van der Waals surface area contributed by atoms with Crippen LogP contribution in [0.1, 0.15) is 31.2 Å². The molecule has 2 heterocycles. The fourth-order valence-electron chi connectivity index (χ4n) is 2.93. The van der Waals surface area contributed by atoms with Crippen LogP contribution in [0.2, 0.25) is 0 Å². The fraction of sp³-hybridized carbons (Fsp3) is 0.733. The first-order valence-electron chi connectivity index (χ1n) is 8.29. The van der Waals surface area contributed by atoms with E-state index in [9.17, 15) is 13.2 Å². The highest BCUT2D eigenvalue weighted by molar-refractivity contribution is 7.89. The zero-order chi connectivity index (χ0) is 17.7. The first-order chi connectivity index (χ1) is 11.4. The number of likely N-dealkylation sites (N-methyl/N-ethyl adjacent to an activating group) is 1. The van der Waals surface area contributed by atoms with Crippen molar-refractivity contribution in [2.75, 3.05) is 32.7 Å². The molecule has 0 aromatic carbocycles. The maximum Gasteiger partial charge on any atom is 0.248 e. The highest BCUT2D eigenvalue weighted by atomic mass is 32.2. The molecule has 0 spiro atoms. The topological polar surface area (TPSA) is 105 Å². The molecule has 0 unspecified atom stereocenters. The van der Waals surface area contributed by atoms with E-state index in [4.69, 9.17) is 4.52 Å². The number of rotatable bonds is 7. The van der Waals surface area contributed by atoms with E-state index in [0.717, 1.165) is 13.1 Å². The third-order valence-corrected chi connectivity index (χ3v) is 6.39. The number of sulfonamides is 1. The van der Waals surface area contributed by atoms with Crippen molar-refractivity contribution in [1.29, 1.82) is 0 Å². The van der Waals surface area contributed by atoms with Crippen LogP contribution < -0.4 is 10.6 Å². The number of hydrogen-bond donors (Lipinski definition) is 2. The zero-order valence-electron chi connectivity index (χ0n) is 14.5. The minimum absolute atomic E-state index is 0.00212. The van der Waals surface area contributed by atoms with Gasteiger partial charge in [0.15, 0.2) is 5.76 Å². The lowest BCUT2D eigenvalue weighted by atomic mass is 9.97. The second-order valence-electron chi connectivity index (χ2n) is 5.98. The van der Waals surface area contributed by atoms with Crippen LogP contribution in [0.3, 0.4) is 0 Å². The van der Waals surface area contributed by atoms with E-state index in [1.165, 1.54) is 4.31 Å². The van der Waals surface area contributed by atoms with Crippen molar-refractivity contribution >= 4 is 15.9 Å². The maximum atomic E-state index is 12.7. The summed E-state index contributed by atoms with van der Waals surface area (Å²) in [6, 6.07) is 0. The van der Waals surface area contributed by atoms with Crippen molar-refractivity contribution in [3.05, 3.63) is 11.5 Å². The highest BCUT2D eigenvalue weighted by Crippen LogP contribution is 2.27. The normalized spacial score (nSPS) is 17.1. The summed E-state index contributed by atoms with van der Waals surface area (Å²) in [5, 5.41) is 9.75. The third kappa shape index (κ3) is 4.14. The quantitative estimate of drug-likeness (QED) is 0.685. The van der Waals surface area contributed by atoms with E-state index in [1.54, 1.807) is 13.8 Å². The van der Waals surface area contributed by atoms with Gasteiger partial charge in [0, 0.05) is 32.1 Å². The van der Waals surface area contributed by atoms with Crippen molar-refractivity contribution in [2.24, 2.45) is 5.92 Å². The van der Waals surface area contributed by atoms with Crippen LogP contribution in [0.15, 0.2) is 9.42 Å². The lowest BCUT2D eigenvalue weighted by Crippen LogP contribution is -2.44. The monoisotopic (exact) mass is 358 g/mol. The molecule has 0 atom stereocenters. The summed E-state index contributed by atoms with van der Waals surface area (Å²) < 4.78 is 31.8. The molecular weight excluding hydrogens is 332 g/mol. The minimum Gasteiger partial charge on any atom is -0.360 e. The predicted octanol–water partition coefficient (Wildman–Crippen LogP) is 0.418. The molecule has 1 aromatic rings. The molecule has 1 aliphatic heterocycles. The zero-order valence-corrected chi connectivity index (χ0v) is 15.3. The molecule has 136 valence electrons. The highest BCUT2D eigenvalue weighted by Gasteiger charge is 2.35. The summed E-state index contributed by atoms with van der Waals surface area (Å²) >= 11 is 0. The SMILES string of the molecule is CCNCCNC(=O)C1CCN(S(=O)(=O)c2c(C)noc2C)CC1. The van der Waals surface area contributed by atoms with Crippen molar-refractivity contribution in [3.8, 4) is 0 Å². The van der Waals surface area contributed by atoms with Gasteiger partial charge in [0.25, 0.3) is 0 Å². The van der Waals surface area contributed by atoms with Gasteiger partial charge in [-0.25, -0.2) is 8.42 Å². The summed E-state index contributed by atoms with van der Waals surface area (Å²) in [6.07, 6.45) is 1.05. The molecule has 9 heteroatoms. The largest absolute Gasteiger partial charge is 0.360 e. The number of aryl methyl sites for hydroxylation is 2. The summed E-state index contributed by atoms with van der Waals surface area (Å²) in [4.78, 5) is 12.3. The van der Waals surface area contributed by atoms with Gasteiger partial charge in [0.2, 0.25) is 15.9 Å². The molecule has 24 heavy (non-hydrogen) atoms. The second-order valence-corrected chi connectivity index (χ2v) is 7.85. The Morgan fingerprint density at radius 2 is 1.96 bits per heavy atom. The van der Waals surface area contributed by atoms with Gasteiger partial charge in [0.05, 0.1) is 0 Å². The van der Waals surface area contributed by atoms with Crippen molar-refractivity contribution < 1.29 is 17.7 Å². The van der Waals surface area contributed by atoms with Gasteiger partial charge in [-0.2, -0.15) is 4.31 Å². The van der Waals surface area contributed by atoms with Gasteiger partial charge in [-0.3, -0.25) is 4.79 Å². The first kappa shape index (κ1) is 18.9. The van der Waals surface area contributed by atoms with Gasteiger partial charge in [-0.1, -0.05) is 12.1 Å². The molecule has 1 amide bonds. The Bertz CT molecular complexity index is 644. The number of carbonyl (C=O) groups excluding carboxylic acids is 1. The third-order valence-electron chi connectivity index (χ3n) is 4.24. The Kier molecular flexibility index (Phi) is 6.36. The van der Waals surface area contributed by atoms with Gasteiger partial charge in [-0.15, -0.1) is 0 Å². The molecule has 1 aliphatic rings. The predicted molar refractivity (Wildman–Crippen MR) is 89.0 cm³/mol. The van der Waals surface area contributed by atoms with E-state index in [1.807, 2.05) is 6.92 Å². The molecule has 1 aromatic heterocycles. The van der Waals surface area contributed by atoms with Crippen LogP contribution in [0, 0.1) is 19.8 Å². The van der Waals surface area contributed by atoms with E-state index in [-0.39, 0.29) is 16.7 Å². The average Bonchev–Trinajstić information content (AvgIpc) is 2.91. The number of piperidine rings is 1. The smallest absolute Gasteiger partial charge is 0.248 e. The Morgan fingerprint density at radius 3 is 2.50 bits per heavy atom. The fourth-order valence-corrected chi connectivity index (χ4v) is 4.69. The first-order valence-corrected chi connectivity index (χ1v) is 9.73. The number of hydrogen-bond acceptors (Lipinski definition) is 6. The molecule has 2 N–H and O–H groups in total. The number of nitrogens with zero attached hydrogens (tertiary/aromatic N) is 2. The van der Waals surface area contributed by atoms with Crippen molar-refractivity contribution in [3.63, 3.8) is 0 Å². The number of carbonyl (C=O) groups is 1. The molecule has 0 bridgehead atoms. The standard InChI is InChI=1S/C15H26N4O4S/c1-4-16-7-8-17-15(20)13-5-9-19(10-6-13)24(21,22)14-11(2)18-23-12(14)3/h13,16H,4-10H2,1-3H3,(H,17,20). The summed E-state index contributed by atoms with van der Waals surface area (Å²) in [5.74, 6) is 0.167. The van der Waals surface area contributed by atoms with E-state index >= 15 is 0 Å². The Labute approximate surface area is 143 Å². The van der Waals surface area contributed by atoms with Crippen LogP contribution in [0.5, 0.6) is 0 Å². The van der Waals surface area contributed by atoms with Crippen LogP contribution >= 0.6 is 0 Å². The maximum absolute atomic E-state index is 12.7. The van der Waals surface area contributed by atoms with Crippen LogP contribution in [-0.2, 0) is 14.8 Å². The molecule has 2 rings (SSSR count). The molecule has 0 aliphatic carbocycles. The number of nitrogens with one attached hydrogen (secondary N) is 2. The van der Waals surface area contributed by atoms with Crippen molar-refractivity contribution in [1.82, 2.24) is 20.1 Å². The summed E-state index contributed by atoms with van der Waals surface area (Å²) in [6.45, 7) is 8.08. The molecular formula is C15H26N4O4S. The molecule has 8 nitrogen and oxygen atoms in total. The molecule has 0 saturated carbocycles. The van der Waals surface area contributed by atoms with E-state index < -0.39 is 10.0 Å². The lowest BCUT2D eigenvalue weighted by Gasteiger charge is -2.30. The minimum atomic E-state index is -3.62. The Hall–Kier alpha value is -1.45. The Morgan fingerprint density at radius 1 is 1.29 bits per heavy atom. The van der Waals surface area contributed by atoms with Crippen LogP contribution in [0.25, 0.3) is 0 Å².